The van der Waals surface area contributed by atoms with Gasteiger partial charge in [-0.2, -0.15) is 0 Å². The summed E-state index contributed by atoms with van der Waals surface area (Å²) in [5, 5.41) is 4.15. The van der Waals surface area contributed by atoms with Gasteiger partial charge in [-0.1, -0.05) is 42.3 Å². The zero-order valence-corrected chi connectivity index (χ0v) is 19.6. The molecule has 2 aromatic carbocycles. The average molecular weight is 485 g/mol. The number of nitrogens with zero attached hydrogens (tertiary/aromatic N) is 3. The minimum absolute atomic E-state index is 0.172. The molecule has 2 heterocycles. The first-order valence-electron chi connectivity index (χ1n) is 10.4. The van der Waals surface area contributed by atoms with Gasteiger partial charge in [-0.25, -0.2) is 9.78 Å². The van der Waals surface area contributed by atoms with E-state index in [-0.39, 0.29) is 12.1 Å². The zero-order chi connectivity index (χ0) is 23.5. The van der Waals surface area contributed by atoms with Crippen molar-refractivity contribution in [2.75, 3.05) is 5.32 Å². The summed E-state index contributed by atoms with van der Waals surface area (Å²) in [6, 6.07) is 14.6. The van der Waals surface area contributed by atoms with Gasteiger partial charge in [0.1, 0.15) is 11.6 Å². The van der Waals surface area contributed by atoms with Gasteiger partial charge in [-0.15, -0.1) is 0 Å². The molecule has 4 rings (SSSR count). The van der Waals surface area contributed by atoms with E-state index in [1.165, 1.54) is 4.57 Å². The van der Waals surface area contributed by atoms with Crippen LogP contribution in [0.15, 0.2) is 70.1 Å². The number of amides is 2. The standard InChI is InChI=1S/C24H22Cl2N4O3/c1-3-21(22-27-19-9-5-4-8-17(19)23(31)29(22)2)30(14-16-7-6-12-33-16)24(32)28-20-11-10-15(25)13-18(20)26/h4-13,21H,3,14H2,1-2H3,(H,28,32). The van der Waals surface area contributed by atoms with Gasteiger partial charge >= 0.3 is 6.03 Å². The van der Waals surface area contributed by atoms with Gasteiger partial charge in [0.15, 0.2) is 0 Å². The molecule has 2 aromatic heterocycles. The number of urea groups is 1. The number of carbonyl (C=O) groups is 1. The molecule has 0 saturated carbocycles. The van der Waals surface area contributed by atoms with Crippen LogP contribution in [0.5, 0.6) is 0 Å². The van der Waals surface area contributed by atoms with Crippen LogP contribution in [0.2, 0.25) is 10.0 Å². The molecule has 4 aromatic rings. The quantitative estimate of drug-likeness (QED) is 0.362. The summed E-state index contributed by atoms with van der Waals surface area (Å²) < 4.78 is 7.00. The summed E-state index contributed by atoms with van der Waals surface area (Å²) in [6.45, 7) is 2.11. The van der Waals surface area contributed by atoms with Gasteiger partial charge in [0, 0.05) is 12.1 Å². The molecule has 0 fully saturated rings. The summed E-state index contributed by atoms with van der Waals surface area (Å²) in [4.78, 5) is 32.8. The largest absolute Gasteiger partial charge is 0.467 e. The lowest BCUT2D eigenvalue weighted by Gasteiger charge is -2.31. The lowest BCUT2D eigenvalue weighted by atomic mass is 10.1. The van der Waals surface area contributed by atoms with E-state index in [0.29, 0.717) is 44.6 Å². The van der Waals surface area contributed by atoms with Gasteiger partial charge in [0.05, 0.1) is 40.5 Å². The molecule has 170 valence electrons. The highest BCUT2D eigenvalue weighted by molar-refractivity contribution is 6.36. The molecule has 0 aliphatic rings. The number of aromatic nitrogens is 2. The van der Waals surface area contributed by atoms with E-state index in [1.807, 2.05) is 13.0 Å². The minimum Gasteiger partial charge on any atom is -0.467 e. The minimum atomic E-state index is -0.511. The molecule has 9 heteroatoms. The summed E-state index contributed by atoms with van der Waals surface area (Å²) in [5.41, 5.74) is 0.826. The SMILES string of the molecule is CCC(c1nc2ccccc2c(=O)n1C)N(Cc1ccco1)C(=O)Nc1ccc(Cl)cc1Cl. The number of anilines is 1. The summed E-state index contributed by atoms with van der Waals surface area (Å²) in [7, 11) is 1.67. The van der Waals surface area contributed by atoms with Crippen molar-refractivity contribution in [1.82, 2.24) is 14.5 Å². The van der Waals surface area contributed by atoms with E-state index in [0.717, 1.165) is 0 Å². The Kier molecular flexibility index (Phi) is 6.72. The number of halogens is 2. The molecule has 33 heavy (non-hydrogen) atoms. The number of fused-ring (bicyclic) bond motifs is 1. The summed E-state index contributed by atoms with van der Waals surface area (Å²) >= 11 is 12.3. The van der Waals surface area contributed by atoms with Crippen molar-refractivity contribution in [3.05, 3.63) is 92.8 Å². The van der Waals surface area contributed by atoms with Crippen molar-refractivity contribution < 1.29 is 9.21 Å². The highest BCUT2D eigenvalue weighted by atomic mass is 35.5. The molecular weight excluding hydrogens is 463 g/mol. The van der Waals surface area contributed by atoms with E-state index < -0.39 is 12.1 Å². The topological polar surface area (TPSA) is 80.4 Å². The van der Waals surface area contributed by atoms with Crippen molar-refractivity contribution in [3.8, 4) is 0 Å². The Morgan fingerprint density at radius 3 is 2.67 bits per heavy atom. The molecule has 2 amide bonds. The van der Waals surface area contributed by atoms with Gasteiger partial charge in [0.25, 0.3) is 5.56 Å². The van der Waals surface area contributed by atoms with Crippen LogP contribution < -0.4 is 10.9 Å². The monoisotopic (exact) mass is 484 g/mol. The van der Waals surface area contributed by atoms with Crippen LogP contribution in [-0.4, -0.2) is 20.5 Å². The van der Waals surface area contributed by atoms with Crippen LogP contribution in [0, 0.1) is 0 Å². The fraction of sp³-hybridized carbons (Fsp3) is 0.208. The number of carbonyl (C=O) groups excluding carboxylic acids is 1. The summed E-state index contributed by atoms with van der Waals surface area (Å²) in [6.07, 6.45) is 2.06. The Hall–Kier alpha value is -3.29. The highest BCUT2D eigenvalue weighted by Crippen LogP contribution is 2.29. The molecule has 1 N–H and O–H groups in total. The molecular formula is C24H22Cl2N4O3. The van der Waals surface area contributed by atoms with Crippen molar-refractivity contribution in [2.45, 2.75) is 25.9 Å². The predicted octanol–water partition coefficient (Wildman–Crippen LogP) is 6.02. The van der Waals surface area contributed by atoms with E-state index in [2.05, 4.69) is 5.32 Å². The maximum absolute atomic E-state index is 13.5. The number of benzene rings is 2. The molecule has 1 unspecified atom stereocenters. The smallest absolute Gasteiger partial charge is 0.322 e. The Bertz CT molecular complexity index is 1350. The number of hydrogen-bond acceptors (Lipinski definition) is 4. The second-order valence-electron chi connectivity index (χ2n) is 7.54. The third-order valence-electron chi connectivity index (χ3n) is 5.42. The van der Waals surface area contributed by atoms with E-state index in [1.54, 1.807) is 66.7 Å². The van der Waals surface area contributed by atoms with E-state index in [9.17, 15) is 9.59 Å². The first kappa shape index (κ1) is 22.9. The average Bonchev–Trinajstić information content (AvgIpc) is 3.32. The number of hydrogen-bond donors (Lipinski definition) is 1. The fourth-order valence-corrected chi connectivity index (χ4v) is 4.20. The molecule has 0 aliphatic carbocycles. The second kappa shape index (κ2) is 9.68. The van der Waals surface area contributed by atoms with Crippen LogP contribution in [-0.2, 0) is 13.6 Å². The Labute approximate surface area is 200 Å². The number of rotatable bonds is 6. The van der Waals surface area contributed by atoms with Crippen molar-refractivity contribution in [3.63, 3.8) is 0 Å². The van der Waals surface area contributed by atoms with Crippen LogP contribution in [0.4, 0.5) is 10.5 Å². The molecule has 0 radical (unpaired) electrons. The molecule has 0 saturated heterocycles. The van der Waals surface area contributed by atoms with E-state index in [4.69, 9.17) is 32.6 Å². The van der Waals surface area contributed by atoms with Crippen molar-refractivity contribution in [2.24, 2.45) is 7.05 Å². The normalized spacial score (nSPS) is 12.0. The van der Waals surface area contributed by atoms with Crippen LogP contribution >= 0.6 is 23.2 Å². The molecule has 0 aliphatic heterocycles. The first-order valence-corrected chi connectivity index (χ1v) is 11.1. The molecule has 7 nitrogen and oxygen atoms in total. The fourth-order valence-electron chi connectivity index (χ4n) is 3.75. The predicted molar refractivity (Wildman–Crippen MR) is 130 cm³/mol. The number of nitrogens with one attached hydrogen (secondary N) is 1. The van der Waals surface area contributed by atoms with Crippen molar-refractivity contribution >= 4 is 45.8 Å². The summed E-state index contributed by atoms with van der Waals surface area (Å²) in [5.74, 6) is 1.07. The van der Waals surface area contributed by atoms with Crippen LogP contribution in [0.1, 0.15) is 31.0 Å². The first-order chi connectivity index (χ1) is 15.9. The third kappa shape index (κ3) is 4.74. The lowest BCUT2D eigenvalue weighted by Crippen LogP contribution is -2.40. The lowest BCUT2D eigenvalue weighted by molar-refractivity contribution is 0.169. The third-order valence-corrected chi connectivity index (χ3v) is 5.97. The Morgan fingerprint density at radius 1 is 1.18 bits per heavy atom. The van der Waals surface area contributed by atoms with Crippen LogP contribution in [0.3, 0.4) is 0 Å². The maximum Gasteiger partial charge on any atom is 0.322 e. The van der Waals surface area contributed by atoms with Gasteiger partial charge in [-0.05, 0) is 48.9 Å². The number of para-hydroxylation sites is 1. The molecule has 0 bridgehead atoms. The molecule has 1 atom stereocenters. The van der Waals surface area contributed by atoms with Crippen LogP contribution in [0.25, 0.3) is 10.9 Å². The van der Waals surface area contributed by atoms with E-state index >= 15 is 0 Å². The zero-order valence-electron chi connectivity index (χ0n) is 18.1. The molecule has 0 spiro atoms. The van der Waals surface area contributed by atoms with Gasteiger partial charge in [-0.3, -0.25) is 9.36 Å². The van der Waals surface area contributed by atoms with Crippen molar-refractivity contribution in [1.29, 1.82) is 0 Å². The van der Waals surface area contributed by atoms with Gasteiger partial charge < -0.3 is 14.6 Å². The maximum atomic E-state index is 13.5. The Balaban J connectivity index is 1.77. The second-order valence-corrected chi connectivity index (χ2v) is 8.38. The number of furan rings is 1. The highest BCUT2D eigenvalue weighted by Gasteiger charge is 2.29. The van der Waals surface area contributed by atoms with Gasteiger partial charge in [0.2, 0.25) is 0 Å². The Morgan fingerprint density at radius 2 is 1.97 bits per heavy atom.